The molecule has 0 saturated carbocycles. The fraction of sp³-hybridized carbons (Fsp3) is 0.929. The first-order valence-electron chi connectivity index (χ1n) is 7.74. The van der Waals surface area contributed by atoms with Crippen molar-refractivity contribution in [2.24, 2.45) is 0 Å². The van der Waals surface area contributed by atoms with Crippen LogP contribution in [0.5, 0.6) is 0 Å². The summed E-state index contributed by atoms with van der Waals surface area (Å²) in [5.74, 6) is 0.327. The lowest BCUT2D eigenvalue weighted by atomic mass is 10.2. The van der Waals surface area contributed by atoms with Crippen LogP contribution in [0.15, 0.2) is 0 Å². The summed E-state index contributed by atoms with van der Waals surface area (Å²) in [5.41, 5.74) is 0. The molecule has 0 bridgehead atoms. The zero-order valence-corrected chi connectivity index (χ0v) is 14.6. The van der Waals surface area contributed by atoms with Gasteiger partial charge in [0.2, 0.25) is 5.91 Å². The third-order valence-corrected chi connectivity index (χ3v) is 4.14. The van der Waals surface area contributed by atoms with Crippen molar-refractivity contribution in [3.63, 3.8) is 0 Å². The maximum atomic E-state index is 12.2. The Balaban J connectivity index is 0.00000200. The molecule has 1 amide bonds. The Bertz CT molecular complexity index is 282. The number of nitrogens with zero attached hydrogens (tertiary/aromatic N) is 2. The smallest absolute Gasteiger partial charge is 0.223 e. The Kier molecular flexibility index (Phi) is 11.5. The van der Waals surface area contributed by atoms with Gasteiger partial charge >= 0.3 is 0 Å². The van der Waals surface area contributed by atoms with E-state index in [1.807, 2.05) is 4.90 Å². The number of rotatable bonds is 6. The first-order valence-corrected chi connectivity index (χ1v) is 7.74. The summed E-state index contributed by atoms with van der Waals surface area (Å²) in [6, 6.07) is 0.635. The van der Waals surface area contributed by atoms with Gasteiger partial charge in [0.1, 0.15) is 0 Å². The quantitative estimate of drug-likeness (QED) is 0.748. The molecule has 2 rings (SSSR count). The van der Waals surface area contributed by atoms with E-state index in [2.05, 4.69) is 22.5 Å². The van der Waals surface area contributed by atoms with E-state index in [0.717, 1.165) is 52.4 Å². The molecule has 2 saturated heterocycles. The summed E-state index contributed by atoms with van der Waals surface area (Å²) < 4.78 is 0. The molecule has 2 aliphatic heterocycles. The molecule has 2 N–H and O–H groups in total. The minimum Gasteiger partial charge on any atom is -0.340 e. The number of halogens is 2. The number of carbonyl (C=O) groups is 1. The minimum atomic E-state index is 0. The molecule has 7 heteroatoms. The lowest BCUT2D eigenvalue weighted by Gasteiger charge is -2.31. The third kappa shape index (κ3) is 6.70. The second-order valence-corrected chi connectivity index (χ2v) is 5.56. The molecule has 0 aromatic rings. The highest BCUT2D eigenvalue weighted by atomic mass is 35.5. The Hall–Kier alpha value is -0.0700. The van der Waals surface area contributed by atoms with Crippen LogP contribution in [0.4, 0.5) is 0 Å². The van der Waals surface area contributed by atoms with Gasteiger partial charge in [-0.1, -0.05) is 6.92 Å². The van der Waals surface area contributed by atoms with E-state index in [9.17, 15) is 4.79 Å². The largest absolute Gasteiger partial charge is 0.340 e. The van der Waals surface area contributed by atoms with Crippen molar-refractivity contribution >= 4 is 30.7 Å². The molecule has 2 fully saturated rings. The standard InChI is InChI=1S/C14H28N4O.2ClH/c1-2-8-17(13-3-5-16-12-13)9-4-14(19)18-10-6-15-7-11-18;;/h13,15-16H,2-12H2,1H3;2*1H. The molecule has 2 heterocycles. The molecule has 1 unspecified atom stereocenters. The molecule has 2 aliphatic rings. The van der Waals surface area contributed by atoms with E-state index >= 15 is 0 Å². The fourth-order valence-electron chi connectivity index (χ4n) is 3.03. The molecular weight excluding hydrogens is 311 g/mol. The van der Waals surface area contributed by atoms with Crippen LogP contribution in [0, 0.1) is 0 Å². The summed E-state index contributed by atoms with van der Waals surface area (Å²) >= 11 is 0. The van der Waals surface area contributed by atoms with E-state index in [1.54, 1.807) is 0 Å². The molecule has 0 aromatic heterocycles. The van der Waals surface area contributed by atoms with Gasteiger partial charge in [0, 0.05) is 51.7 Å². The minimum absolute atomic E-state index is 0. The van der Waals surface area contributed by atoms with Crippen LogP contribution in [0.3, 0.4) is 0 Å². The second kappa shape index (κ2) is 11.5. The predicted molar refractivity (Wildman–Crippen MR) is 91.7 cm³/mol. The molecular formula is C14H30Cl2N4O. The Morgan fingerprint density at radius 2 is 1.86 bits per heavy atom. The molecule has 0 spiro atoms. The Morgan fingerprint density at radius 1 is 1.14 bits per heavy atom. The fourth-order valence-corrected chi connectivity index (χ4v) is 3.03. The van der Waals surface area contributed by atoms with E-state index in [-0.39, 0.29) is 24.8 Å². The molecule has 5 nitrogen and oxygen atoms in total. The van der Waals surface area contributed by atoms with Crippen LogP contribution in [0.25, 0.3) is 0 Å². The number of nitrogens with one attached hydrogen (secondary N) is 2. The summed E-state index contributed by atoms with van der Waals surface area (Å²) in [6.07, 6.45) is 3.07. The van der Waals surface area contributed by atoms with Gasteiger partial charge in [0.05, 0.1) is 0 Å². The van der Waals surface area contributed by atoms with E-state index in [1.165, 1.54) is 12.8 Å². The van der Waals surface area contributed by atoms with E-state index in [4.69, 9.17) is 0 Å². The monoisotopic (exact) mass is 340 g/mol. The zero-order chi connectivity index (χ0) is 13.5. The van der Waals surface area contributed by atoms with Gasteiger partial charge in [-0.05, 0) is 25.9 Å². The molecule has 21 heavy (non-hydrogen) atoms. The van der Waals surface area contributed by atoms with Crippen LogP contribution >= 0.6 is 24.8 Å². The maximum absolute atomic E-state index is 12.2. The number of carbonyl (C=O) groups excluding carboxylic acids is 1. The van der Waals surface area contributed by atoms with Crippen molar-refractivity contribution in [2.75, 3.05) is 52.4 Å². The maximum Gasteiger partial charge on any atom is 0.223 e. The topological polar surface area (TPSA) is 47.6 Å². The highest BCUT2D eigenvalue weighted by molar-refractivity contribution is 5.85. The van der Waals surface area contributed by atoms with Crippen LogP contribution in [-0.4, -0.2) is 74.1 Å². The van der Waals surface area contributed by atoms with Gasteiger partial charge in [-0.15, -0.1) is 24.8 Å². The van der Waals surface area contributed by atoms with Crippen molar-refractivity contribution in [1.82, 2.24) is 20.4 Å². The predicted octanol–water partition coefficient (Wildman–Crippen LogP) is 0.726. The first kappa shape index (κ1) is 20.9. The zero-order valence-electron chi connectivity index (χ0n) is 13.0. The average Bonchev–Trinajstić information content (AvgIpc) is 2.98. The summed E-state index contributed by atoms with van der Waals surface area (Å²) in [5, 5.41) is 6.70. The van der Waals surface area contributed by atoms with Gasteiger partial charge in [0.25, 0.3) is 0 Å². The van der Waals surface area contributed by atoms with Crippen molar-refractivity contribution in [2.45, 2.75) is 32.2 Å². The van der Waals surface area contributed by atoms with Gasteiger partial charge in [0.15, 0.2) is 0 Å². The lowest BCUT2D eigenvalue weighted by Crippen LogP contribution is -2.47. The molecule has 0 aliphatic carbocycles. The van der Waals surface area contributed by atoms with Gasteiger partial charge in [-0.2, -0.15) is 0 Å². The van der Waals surface area contributed by atoms with Crippen molar-refractivity contribution < 1.29 is 4.79 Å². The highest BCUT2D eigenvalue weighted by Crippen LogP contribution is 2.10. The summed E-state index contributed by atoms with van der Waals surface area (Å²) in [7, 11) is 0. The molecule has 126 valence electrons. The van der Waals surface area contributed by atoms with Crippen molar-refractivity contribution in [3.05, 3.63) is 0 Å². The highest BCUT2D eigenvalue weighted by Gasteiger charge is 2.23. The second-order valence-electron chi connectivity index (χ2n) is 5.56. The summed E-state index contributed by atoms with van der Waals surface area (Å²) in [6.45, 7) is 10.1. The lowest BCUT2D eigenvalue weighted by molar-refractivity contribution is -0.132. The number of hydrogen-bond donors (Lipinski definition) is 2. The Labute approximate surface area is 141 Å². The molecule has 0 aromatic carbocycles. The van der Waals surface area contributed by atoms with Crippen molar-refractivity contribution in [3.8, 4) is 0 Å². The van der Waals surface area contributed by atoms with Crippen LogP contribution < -0.4 is 10.6 Å². The average molecular weight is 341 g/mol. The number of amides is 1. The van der Waals surface area contributed by atoms with E-state index in [0.29, 0.717) is 18.4 Å². The van der Waals surface area contributed by atoms with Gasteiger partial charge in [-0.3, -0.25) is 9.69 Å². The van der Waals surface area contributed by atoms with Crippen molar-refractivity contribution in [1.29, 1.82) is 0 Å². The SMILES string of the molecule is CCCN(CCC(=O)N1CCNCC1)C1CCNC1.Cl.Cl. The van der Waals surface area contributed by atoms with Crippen LogP contribution in [0.2, 0.25) is 0 Å². The van der Waals surface area contributed by atoms with Gasteiger partial charge < -0.3 is 15.5 Å². The van der Waals surface area contributed by atoms with Crippen LogP contribution in [-0.2, 0) is 4.79 Å². The third-order valence-electron chi connectivity index (χ3n) is 4.14. The summed E-state index contributed by atoms with van der Waals surface area (Å²) in [4.78, 5) is 16.7. The molecule has 1 atom stereocenters. The van der Waals surface area contributed by atoms with E-state index < -0.39 is 0 Å². The van der Waals surface area contributed by atoms with Crippen LogP contribution in [0.1, 0.15) is 26.2 Å². The number of hydrogen-bond acceptors (Lipinski definition) is 4. The van der Waals surface area contributed by atoms with Gasteiger partial charge in [-0.25, -0.2) is 0 Å². The Morgan fingerprint density at radius 3 is 2.43 bits per heavy atom. The first-order chi connectivity index (χ1) is 9.31. The molecule has 0 radical (unpaired) electrons. The normalized spacial score (nSPS) is 21.8. The number of piperazine rings is 1.